The lowest BCUT2D eigenvalue weighted by molar-refractivity contribution is -0.117. The van der Waals surface area contributed by atoms with Gasteiger partial charge in [-0.1, -0.05) is 30.2 Å². The smallest absolute Gasteiger partial charge is 0.225 e. The Bertz CT molecular complexity index is 742. The van der Waals surface area contributed by atoms with Crippen molar-refractivity contribution in [1.82, 2.24) is 9.78 Å². The van der Waals surface area contributed by atoms with Gasteiger partial charge in [0.05, 0.1) is 12.7 Å². The predicted molar refractivity (Wildman–Crippen MR) is 95.0 cm³/mol. The first-order chi connectivity index (χ1) is 11.7. The SMILES string of the molecule is O=C(C[C@H]1C[C@H]2CC[C@H]1C2)Nc1ccnn1Cc1cccc(Cl)c1. The Morgan fingerprint density at radius 1 is 1.29 bits per heavy atom. The van der Waals surface area contributed by atoms with E-state index in [1.54, 1.807) is 6.20 Å². The summed E-state index contributed by atoms with van der Waals surface area (Å²) in [5.41, 5.74) is 1.06. The van der Waals surface area contributed by atoms with E-state index in [1.165, 1.54) is 25.7 Å². The van der Waals surface area contributed by atoms with Gasteiger partial charge in [-0.05, 0) is 54.7 Å². The third kappa shape index (κ3) is 3.34. The van der Waals surface area contributed by atoms with Crippen LogP contribution in [0, 0.1) is 17.8 Å². The minimum absolute atomic E-state index is 0.111. The summed E-state index contributed by atoms with van der Waals surface area (Å²) in [7, 11) is 0. The minimum atomic E-state index is 0.111. The molecule has 0 saturated heterocycles. The molecule has 0 spiro atoms. The molecule has 4 nitrogen and oxygen atoms in total. The molecule has 1 amide bonds. The number of rotatable bonds is 5. The quantitative estimate of drug-likeness (QED) is 0.877. The van der Waals surface area contributed by atoms with Gasteiger partial charge in [-0.25, -0.2) is 4.68 Å². The fourth-order valence-corrected chi connectivity index (χ4v) is 4.64. The molecule has 0 radical (unpaired) electrons. The van der Waals surface area contributed by atoms with Gasteiger partial charge in [-0.15, -0.1) is 0 Å². The maximum Gasteiger partial charge on any atom is 0.225 e. The van der Waals surface area contributed by atoms with Gasteiger partial charge in [0.2, 0.25) is 5.91 Å². The van der Waals surface area contributed by atoms with Gasteiger partial charge >= 0.3 is 0 Å². The Kier molecular flexibility index (Phi) is 4.31. The molecule has 0 unspecified atom stereocenters. The van der Waals surface area contributed by atoms with E-state index in [4.69, 9.17) is 11.6 Å². The van der Waals surface area contributed by atoms with E-state index >= 15 is 0 Å². The molecule has 1 aromatic carbocycles. The Morgan fingerprint density at radius 3 is 2.96 bits per heavy atom. The summed E-state index contributed by atoms with van der Waals surface area (Å²) in [5, 5.41) is 8.07. The molecule has 1 N–H and O–H groups in total. The van der Waals surface area contributed by atoms with Crippen molar-refractivity contribution in [1.29, 1.82) is 0 Å². The predicted octanol–water partition coefficient (Wildman–Crippen LogP) is 4.35. The molecule has 4 rings (SSSR count). The standard InChI is InChI=1S/C19H22ClN3O/c20-17-3-1-2-14(10-17)12-23-18(6-7-21-23)22-19(24)11-16-9-13-4-5-15(16)8-13/h1-3,6-7,10,13,15-16H,4-5,8-9,11-12H2,(H,22,24)/t13-,15-,16+/m0/s1. The minimum Gasteiger partial charge on any atom is -0.311 e. The van der Waals surface area contributed by atoms with E-state index < -0.39 is 0 Å². The average Bonchev–Trinajstić information content (AvgIpc) is 3.25. The van der Waals surface area contributed by atoms with Crippen LogP contribution in [0.3, 0.4) is 0 Å². The summed E-state index contributed by atoms with van der Waals surface area (Å²) in [6, 6.07) is 9.56. The van der Waals surface area contributed by atoms with Gasteiger partial charge in [-0.2, -0.15) is 5.10 Å². The van der Waals surface area contributed by atoms with Crippen molar-refractivity contribution in [2.75, 3.05) is 5.32 Å². The Balaban J connectivity index is 1.38. The molecular formula is C19H22ClN3O. The third-order valence-electron chi connectivity index (χ3n) is 5.54. The molecule has 2 bridgehead atoms. The van der Waals surface area contributed by atoms with Crippen molar-refractivity contribution in [3.8, 4) is 0 Å². The van der Waals surface area contributed by atoms with Gasteiger partial charge in [-0.3, -0.25) is 4.79 Å². The Morgan fingerprint density at radius 2 is 2.21 bits per heavy atom. The summed E-state index contributed by atoms with van der Waals surface area (Å²) in [6.07, 6.45) is 7.62. The highest BCUT2D eigenvalue weighted by Crippen LogP contribution is 2.49. The second-order valence-electron chi connectivity index (χ2n) is 7.19. The van der Waals surface area contributed by atoms with Crippen LogP contribution in [0.5, 0.6) is 0 Å². The van der Waals surface area contributed by atoms with Crippen molar-refractivity contribution < 1.29 is 4.79 Å². The fraction of sp³-hybridized carbons (Fsp3) is 0.474. The first-order valence-electron chi connectivity index (χ1n) is 8.73. The highest BCUT2D eigenvalue weighted by molar-refractivity contribution is 6.30. The van der Waals surface area contributed by atoms with Crippen LogP contribution >= 0.6 is 11.6 Å². The molecule has 5 heteroatoms. The van der Waals surface area contributed by atoms with Crippen LogP contribution in [0.15, 0.2) is 36.5 Å². The Labute approximate surface area is 147 Å². The average molecular weight is 344 g/mol. The number of carbonyl (C=O) groups is 1. The normalized spacial score (nSPS) is 25.1. The first kappa shape index (κ1) is 15.7. The lowest BCUT2D eigenvalue weighted by Crippen LogP contribution is -2.22. The zero-order valence-corrected chi connectivity index (χ0v) is 14.4. The van der Waals surface area contributed by atoms with Crippen molar-refractivity contribution >= 4 is 23.3 Å². The van der Waals surface area contributed by atoms with E-state index in [0.29, 0.717) is 23.9 Å². The van der Waals surface area contributed by atoms with Crippen molar-refractivity contribution in [2.24, 2.45) is 17.8 Å². The van der Waals surface area contributed by atoms with Crippen LogP contribution < -0.4 is 5.32 Å². The van der Waals surface area contributed by atoms with Crippen LogP contribution in [0.1, 0.15) is 37.7 Å². The lowest BCUT2D eigenvalue weighted by atomic mass is 9.86. The maximum atomic E-state index is 12.4. The van der Waals surface area contributed by atoms with E-state index in [9.17, 15) is 4.79 Å². The summed E-state index contributed by atoms with van der Waals surface area (Å²) in [5.74, 6) is 3.09. The number of carbonyl (C=O) groups excluding carboxylic acids is 1. The number of anilines is 1. The number of hydrogen-bond acceptors (Lipinski definition) is 2. The monoisotopic (exact) mass is 343 g/mol. The van der Waals surface area contributed by atoms with Crippen LogP contribution in [-0.4, -0.2) is 15.7 Å². The van der Waals surface area contributed by atoms with Crippen LogP contribution in [0.25, 0.3) is 0 Å². The third-order valence-corrected chi connectivity index (χ3v) is 5.77. The number of hydrogen-bond donors (Lipinski definition) is 1. The highest BCUT2D eigenvalue weighted by Gasteiger charge is 2.40. The van der Waals surface area contributed by atoms with Gasteiger partial charge in [0.1, 0.15) is 5.82 Å². The van der Waals surface area contributed by atoms with Crippen LogP contribution in [0.4, 0.5) is 5.82 Å². The molecule has 2 aromatic rings. The van der Waals surface area contributed by atoms with Gasteiger partial charge in [0.25, 0.3) is 0 Å². The van der Waals surface area contributed by atoms with Crippen LogP contribution in [-0.2, 0) is 11.3 Å². The zero-order valence-electron chi connectivity index (χ0n) is 13.6. The summed E-state index contributed by atoms with van der Waals surface area (Å²) >= 11 is 6.04. The molecule has 2 aliphatic rings. The molecular weight excluding hydrogens is 322 g/mol. The molecule has 1 heterocycles. The molecule has 2 aliphatic carbocycles. The van der Waals surface area contributed by atoms with E-state index in [-0.39, 0.29) is 5.91 Å². The fourth-order valence-electron chi connectivity index (χ4n) is 4.43. The van der Waals surface area contributed by atoms with Crippen molar-refractivity contribution in [3.05, 3.63) is 47.1 Å². The van der Waals surface area contributed by atoms with Crippen LogP contribution in [0.2, 0.25) is 5.02 Å². The van der Waals surface area contributed by atoms with Gasteiger partial charge < -0.3 is 5.32 Å². The lowest BCUT2D eigenvalue weighted by Gasteiger charge is -2.21. The summed E-state index contributed by atoms with van der Waals surface area (Å²) in [4.78, 5) is 12.4. The van der Waals surface area contributed by atoms with E-state index in [1.807, 2.05) is 35.0 Å². The van der Waals surface area contributed by atoms with E-state index in [0.717, 1.165) is 23.2 Å². The summed E-state index contributed by atoms with van der Waals surface area (Å²) < 4.78 is 1.81. The largest absolute Gasteiger partial charge is 0.311 e. The number of amides is 1. The number of nitrogens with zero attached hydrogens (tertiary/aromatic N) is 2. The number of benzene rings is 1. The summed E-state index contributed by atoms with van der Waals surface area (Å²) in [6.45, 7) is 0.595. The number of fused-ring (bicyclic) bond motifs is 2. The second-order valence-corrected chi connectivity index (χ2v) is 7.63. The molecule has 126 valence electrons. The molecule has 2 fully saturated rings. The molecule has 2 saturated carbocycles. The first-order valence-corrected chi connectivity index (χ1v) is 9.11. The van der Waals surface area contributed by atoms with Crippen molar-refractivity contribution in [2.45, 2.75) is 38.6 Å². The maximum absolute atomic E-state index is 12.4. The number of halogens is 1. The van der Waals surface area contributed by atoms with Crippen molar-refractivity contribution in [3.63, 3.8) is 0 Å². The van der Waals surface area contributed by atoms with Gasteiger partial charge in [0, 0.05) is 17.5 Å². The van der Waals surface area contributed by atoms with Gasteiger partial charge in [0.15, 0.2) is 0 Å². The number of nitrogens with one attached hydrogen (secondary N) is 1. The molecule has 3 atom stereocenters. The Hall–Kier alpha value is -1.81. The molecule has 1 aromatic heterocycles. The molecule has 0 aliphatic heterocycles. The highest BCUT2D eigenvalue weighted by atomic mass is 35.5. The topological polar surface area (TPSA) is 46.9 Å². The zero-order chi connectivity index (χ0) is 16.5. The van der Waals surface area contributed by atoms with E-state index in [2.05, 4.69) is 10.4 Å². The number of aromatic nitrogens is 2. The second kappa shape index (κ2) is 6.60. The molecule has 24 heavy (non-hydrogen) atoms.